The molecule has 0 unspecified atom stereocenters. The Morgan fingerprint density at radius 2 is 1.86 bits per heavy atom. The second-order valence-electron chi connectivity index (χ2n) is 3.74. The molecule has 1 heterocycles. The van der Waals surface area contributed by atoms with E-state index in [1.54, 1.807) is 0 Å². The zero-order chi connectivity index (χ0) is 15.5. The number of thioether (sulfide) groups is 1. The summed E-state index contributed by atoms with van der Waals surface area (Å²) in [6.45, 7) is 0. The van der Waals surface area contributed by atoms with Gasteiger partial charge >= 0.3 is 5.51 Å². The van der Waals surface area contributed by atoms with Gasteiger partial charge in [0.05, 0.1) is 5.69 Å². The quantitative estimate of drug-likeness (QED) is 0.863. The topological polar surface area (TPSA) is 54.9 Å². The Morgan fingerprint density at radius 1 is 1.14 bits per heavy atom. The fourth-order valence-electron chi connectivity index (χ4n) is 1.41. The molecule has 0 spiro atoms. The molecule has 0 saturated heterocycles. The number of alkyl halides is 3. The summed E-state index contributed by atoms with van der Waals surface area (Å²) in [5.74, 6) is -0.672. The lowest BCUT2D eigenvalue weighted by Crippen LogP contribution is -2.15. The summed E-state index contributed by atoms with van der Waals surface area (Å²) in [6, 6.07) is 8.29. The van der Waals surface area contributed by atoms with Gasteiger partial charge in [0, 0.05) is 4.90 Å². The molecule has 0 aliphatic rings. The van der Waals surface area contributed by atoms with E-state index in [-0.39, 0.29) is 33.2 Å². The first-order chi connectivity index (χ1) is 9.85. The number of nitrogens with zero attached hydrogens (tertiary/aromatic N) is 2. The predicted octanol–water partition coefficient (Wildman–Crippen LogP) is 3.99. The summed E-state index contributed by atoms with van der Waals surface area (Å²) in [5, 5.41) is 9.52. The second kappa shape index (κ2) is 6.31. The third-order valence-electron chi connectivity index (χ3n) is 2.23. The van der Waals surface area contributed by atoms with E-state index >= 15 is 0 Å². The monoisotopic (exact) mass is 333 g/mol. The van der Waals surface area contributed by atoms with Gasteiger partial charge < -0.3 is 5.32 Å². The molecule has 0 bridgehead atoms. The Labute approximate surface area is 126 Å². The van der Waals surface area contributed by atoms with E-state index in [1.165, 1.54) is 36.4 Å². The van der Waals surface area contributed by atoms with Crippen LogP contribution in [0.15, 0.2) is 41.3 Å². The molecule has 0 fully saturated rings. The average molecular weight is 334 g/mol. The lowest BCUT2D eigenvalue weighted by atomic mass is 10.3. The Hall–Kier alpha value is -1.80. The molecule has 1 amide bonds. The zero-order valence-corrected chi connectivity index (χ0v) is 11.8. The molecule has 0 saturated carbocycles. The number of halogens is 4. The van der Waals surface area contributed by atoms with E-state index in [0.29, 0.717) is 0 Å². The molecule has 0 aliphatic heterocycles. The van der Waals surface area contributed by atoms with Gasteiger partial charge in [-0.3, -0.25) is 4.79 Å². The van der Waals surface area contributed by atoms with Crippen LogP contribution in [0.2, 0.25) is 5.15 Å². The fourth-order valence-corrected chi connectivity index (χ4v) is 2.13. The van der Waals surface area contributed by atoms with Crippen LogP contribution in [-0.2, 0) is 0 Å². The standard InChI is InChI=1S/C12H7ClF3N3OS/c13-10-6-5-8(18-19-10)11(20)17-7-3-1-2-4-9(7)21-12(14,15)16/h1-6H,(H,17,20). The highest BCUT2D eigenvalue weighted by molar-refractivity contribution is 8.00. The van der Waals surface area contributed by atoms with Crippen molar-refractivity contribution < 1.29 is 18.0 Å². The molecule has 110 valence electrons. The molecule has 1 N–H and O–H groups in total. The van der Waals surface area contributed by atoms with Crippen LogP contribution in [0.3, 0.4) is 0 Å². The Balaban J connectivity index is 2.19. The molecule has 1 aromatic heterocycles. The number of anilines is 1. The number of benzene rings is 1. The maximum atomic E-state index is 12.4. The number of amides is 1. The van der Waals surface area contributed by atoms with E-state index in [1.807, 2.05) is 0 Å². The van der Waals surface area contributed by atoms with Gasteiger partial charge in [-0.05, 0) is 36.0 Å². The third-order valence-corrected chi connectivity index (χ3v) is 3.23. The molecule has 2 rings (SSSR count). The minimum atomic E-state index is -4.44. The molecule has 0 radical (unpaired) electrons. The van der Waals surface area contributed by atoms with Crippen LogP contribution in [0.4, 0.5) is 18.9 Å². The SMILES string of the molecule is O=C(Nc1ccccc1SC(F)(F)F)c1ccc(Cl)nn1. The fraction of sp³-hybridized carbons (Fsp3) is 0.0833. The van der Waals surface area contributed by atoms with Crippen LogP contribution >= 0.6 is 23.4 Å². The van der Waals surface area contributed by atoms with Crippen molar-refractivity contribution in [1.82, 2.24) is 10.2 Å². The first-order valence-corrected chi connectivity index (χ1v) is 6.70. The summed E-state index contributed by atoms with van der Waals surface area (Å²) < 4.78 is 37.3. The number of aromatic nitrogens is 2. The summed E-state index contributed by atoms with van der Waals surface area (Å²) in [7, 11) is 0. The normalized spacial score (nSPS) is 11.2. The lowest BCUT2D eigenvalue weighted by Gasteiger charge is -2.11. The molecule has 0 aliphatic carbocycles. The third kappa shape index (κ3) is 4.61. The van der Waals surface area contributed by atoms with E-state index in [2.05, 4.69) is 15.5 Å². The number of nitrogens with one attached hydrogen (secondary N) is 1. The zero-order valence-electron chi connectivity index (χ0n) is 10.2. The van der Waals surface area contributed by atoms with Crippen molar-refractivity contribution in [1.29, 1.82) is 0 Å². The second-order valence-corrected chi connectivity index (χ2v) is 5.23. The molecule has 1 aromatic carbocycles. The van der Waals surface area contributed by atoms with E-state index in [4.69, 9.17) is 11.6 Å². The van der Waals surface area contributed by atoms with E-state index in [9.17, 15) is 18.0 Å². The highest BCUT2D eigenvalue weighted by Crippen LogP contribution is 2.40. The van der Waals surface area contributed by atoms with Crippen molar-refractivity contribution in [2.45, 2.75) is 10.4 Å². The highest BCUT2D eigenvalue weighted by Gasteiger charge is 2.30. The molecular formula is C12H7ClF3N3OS. The van der Waals surface area contributed by atoms with E-state index < -0.39 is 11.4 Å². The Morgan fingerprint density at radius 3 is 2.48 bits per heavy atom. The maximum Gasteiger partial charge on any atom is 0.446 e. The van der Waals surface area contributed by atoms with Crippen LogP contribution < -0.4 is 5.32 Å². The average Bonchev–Trinajstić information content (AvgIpc) is 2.40. The number of carbonyl (C=O) groups excluding carboxylic acids is 1. The number of hydrogen-bond donors (Lipinski definition) is 1. The molecular weight excluding hydrogens is 327 g/mol. The molecule has 21 heavy (non-hydrogen) atoms. The van der Waals surface area contributed by atoms with Crippen LogP contribution in [0.1, 0.15) is 10.5 Å². The van der Waals surface area contributed by atoms with Crippen molar-refractivity contribution in [2.24, 2.45) is 0 Å². The summed E-state index contributed by atoms with van der Waals surface area (Å²) in [5.41, 5.74) is -4.45. The number of hydrogen-bond acceptors (Lipinski definition) is 4. The first kappa shape index (κ1) is 15.6. The largest absolute Gasteiger partial charge is 0.446 e. The number of carbonyl (C=O) groups is 1. The molecule has 2 aromatic rings. The van der Waals surface area contributed by atoms with Crippen molar-refractivity contribution in [2.75, 3.05) is 5.32 Å². The molecule has 4 nitrogen and oxygen atoms in total. The van der Waals surface area contributed by atoms with Gasteiger partial charge in [0.2, 0.25) is 0 Å². The molecule has 0 atom stereocenters. The Bertz CT molecular complexity index is 649. The summed E-state index contributed by atoms with van der Waals surface area (Å²) in [6.07, 6.45) is 0. The number of rotatable bonds is 3. The lowest BCUT2D eigenvalue weighted by molar-refractivity contribution is -0.0328. The van der Waals surface area contributed by atoms with Crippen LogP contribution in [0.5, 0.6) is 0 Å². The van der Waals surface area contributed by atoms with Crippen molar-refractivity contribution >= 4 is 35.0 Å². The minimum Gasteiger partial charge on any atom is -0.320 e. The predicted molar refractivity (Wildman–Crippen MR) is 73.3 cm³/mol. The summed E-state index contributed by atoms with van der Waals surface area (Å²) >= 11 is 5.24. The van der Waals surface area contributed by atoms with Gasteiger partial charge in [0.15, 0.2) is 10.8 Å². The number of para-hydroxylation sites is 1. The van der Waals surface area contributed by atoms with E-state index in [0.717, 1.165) is 0 Å². The van der Waals surface area contributed by atoms with Crippen molar-refractivity contribution in [3.8, 4) is 0 Å². The highest BCUT2D eigenvalue weighted by atomic mass is 35.5. The van der Waals surface area contributed by atoms with Gasteiger partial charge in [-0.25, -0.2) is 0 Å². The van der Waals surface area contributed by atoms with Crippen LogP contribution in [0, 0.1) is 0 Å². The Kier molecular flexibility index (Phi) is 4.69. The molecule has 9 heteroatoms. The van der Waals surface area contributed by atoms with Gasteiger partial charge in [0.25, 0.3) is 5.91 Å². The van der Waals surface area contributed by atoms with Gasteiger partial charge in [-0.15, -0.1) is 10.2 Å². The smallest absolute Gasteiger partial charge is 0.320 e. The van der Waals surface area contributed by atoms with Gasteiger partial charge in [0.1, 0.15) is 0 Å². The van der Waals surface area contributed by atoms with Crippen molar-refractivity contribution in [3.63, 3.8) is 0 Å². The van der Waals surface area contributed by atoms with Crippen molar-refractivity contribution in [3.05, 3.63) is 47.2 Å². The maximum absolute atomic E-state index is 12.4. The summed E-state index contributed by atoms with van der Waals surface area (Å²) in [4.78, 5) is 11.8. The van der Waals surface area contributed by atoms with Crippen LogP contribution in [-0.4, -0.2) is 21.6 Å². The minimum absolute atomic E-state index is 0.0431. The van der Waals surface area contributed by atoms with Crippen LogP contribution in [0.25, 0.3) is 0 Å². The van der Waals surface area contributed by atoms with Gasteiger partial charge in [-0.2, -0.15) is 13.2 Å². The first-order valence-electron chi connectivity index (χ1n) is 5.50. The van der Waals surface area contributed by atoms with Gasteiger partial charge in [-0.1, -0.05) is 23.7 Å².